The second-order valence-corrected chi connectivity index (χ2v) is 6.73. The fraction of sp³-hybridized carbons (Fsp3) is 0.231. The summed E-state index contributed by atoms with van der Waals surface area (Å²) >= 11 is 3.06. The second-order valence-electron chi connectivity index (χ2n) is 4.48. The van der Waals surface area contributed by atoms with Crippen LogP contribution >= 0.6 is 23.1 Å². The highest BCUT2D eigenvalue weighted by molar-refractivity contribution is 7.99. The van der Waals surface area contributed by atoms with Crippen LogP contribution in [0.5, 0.6) is 0 Å². The predicted octanol–water partition coefficient (Wildman–Crippen LogP) is 2.78. The molecule has 108 valence electrons. The number of aryl methyl sites for hydroxylation is 1. The molecule has 0 saturated heterocycles. The van der Waals surface area contributed by atoms with Crippen LogP contribution in [-0.4, -0.2) is 25.1 Å². The molecule has 1 atom stereocenters. The Balaban J connectivity index is 1.78. The third kappa shape index (κ3) is 3.22. The summed E-state index contributed by atoms with van der Waals surface area (Å²) in [5.41, 5.74) is 0.565. The van der Waals surface area contributed by atoms with Crippen LogP contribution in [0.1, 0.15) is 23.7 Å². The molecule has 0 aliphatic carbocycles. The molecule has 0 aliphatic rings. The van der Waals surface area contributed by atoms with Gasteiger partial charge in [0, 0.05) is 11.8 Å². The van der Waals surface area contributed by atoms with Crippen LogP contribution in [-0.2, 0) is 0 Å². The molecule has 3 aromatic rings. The van der Waals surface area contributed by atoms with Gasteiger partial charge in [-0.25, -0.2) is 9.97 Å². The Morgan fingerprint density at radius 2 is 2.24 bits per heavy atom. The van der Waals surface area contributed by atoms with E-state index in [9.17, 15) is 4.79 Å². The molecule has 0 fully saturated rings. The number of hydrogen-bond donors (Lipinski definition) is 2. The zero-order valence-electron chi connectivity index (χ0n) is 11.5. The Labute approximate surface area is 129 Å². The Kier molecular flexibility index (Phi) is 3.89. The number of H-pyrrole nitrogens is 2. The summed E-state index contributed by atoms with van der Waals surface area (Å²) in [6.07, 6.45) is 0. The number of aromatic amines is 2. The van der Waals surface area contributed by atoms with Crippen molar-refractivity contribution in [1.82, 2.24) is 25.1 Å². The molecule has 3 aromatic heterocycles. The topological polar surface area (TPSA) is 87.3 Å². The average molecular weight is 319 g/mol. The first-order chi connectivity index (χ1) is 10.1. The SMILES string of the molecule is Cc1cc(=O)[nH]c([C@@H](C)Sc2n[nH]c(-c3cccs3)n2)n1. The molecule has 0 spiro atoms. The number of hydrogen-bond acceptors (Lipinski definition) is 6. The van der Waals surface area contributed by atoms with Crippen molar-refractivity contribution >= 4 is 23.1 Å². The van der Waals surface area contributed by atoms with Crippen molar-refractivity contribution in [2.45, 2.75) is 24.3 Å². The molecule has 8 heteroatoms. The van der Waals surface area contributed by atoms with Crippen LogP contribution in [0.25, 0.3) is 10.7 Å². The normalized spacial score (nSPS) is 12.5. The summed E-state index contributed by atoms with van der Waals surface area (Å²) in [5.74, 6) is 1.39. The number of thioether (sulfide) groups is 1. The van der Waals surface area contributed by atoms with Crippen molar-refractivity contribution in [3.63, 3.8) is 0 Å². The van der Waals surface area contributed by atoms with Crippen molar-refractivity contribution in [3.05, 3.63) is 45.5 Å². The lowest BCUT2D eigenvalue weighted by Crippen LogP contribution is -2.12. The molecule has 0 amide bonds. The van der Waals surface area contributed by atoms with Gasteiger partial charge in [-0.1, -0.05) is 17.8 Å². The fourth-order valence-electron chi connectivity index (χ4n) is 1.83. The molecule has 3 rings (SSSR count). The van der Waals surface area contributed by atoms with Gasteiger partial charge in [0.1, 0.15) is 5.82 Å². The van der Waals surface area contributed by atoms with Crippen LogP contribution in [0.15, 0.2) is 33.5 Å². The highest BCUT2D eigenvalue weighted by Gasteiger charge is 2.15. The van der Waals surface area contributed by atoms with E-state index in [1.807, 2.05) is 24.4 Å². The number of nitrogens with one attached hydrogen (secondary N) is 2. The maximum Gasteiger partial charge on any atom is 0.251 e. The zero-order valence-corrected chi connectivity index (χ0v) is 13.1. The zero-order chi connectivity index (χ0) is 14.8. The van der Waals surface area contributed by atoms with Crippen molar-refractivity contribution in [3.8, 4) is 10.7 Å². The van der Waals surface area contributed by atoms with E-state index in [-0.39, 0.29) is 10.8 Å². The van der Waals surface area contributed by atoms with Crippen molar-refractivity contribution in [1.29, 1.82) is 0 Å². The van der Waals surface area contributed by atoms with Gasteiger partial charge in [-0.2, -0.15) is 0 Å². The molecule has 21 heavy (non-hydrogen) atoms. The number of aromatic nitrogens is 5. The molecular formula is C13H13N5OS2. The van der Waals surface area contributed by atoms with Crippen LogP contribution in [0.2, 0.25) is 0 Å². The van der Waals surface area contributed by atoms with E-state index in [1.54, 1.807) is 18.3 Å². The van der Waals surface area contributed by atoms with Gasteiger partial charge >= 0.3 is 0 Å². The fourth-order valence-corrected chi connectivity index (χ4v) is 3.28. The molecule has 0 unspecified atom stereocenters. The third-order valence-electron chi connectivity index (χ3n) is 2.77. The van der Waals surface area contributed by atoms with Gasteiger partial charge in [-0.3, -0.25) is 9.89 Å². The Bertz CT molecular complexity index is 793. The van der Waals surface area contributed by atoms with E-state index in [4.69, 9.17) is 0 Å². The number of thiophene rings is 1. The van der Waals surface area contributed by atoms with E-state index in [2.05, 4.69) is 25.1 Å². The summed E-state index contributed by atoms with van der Waals surface area (Å²) in [7, 11) is 0. The van der Waals surface area contributed by atoms with Gasteiger partial charge in [0.2, 0.25) is 5.16 Å². The molecule has 3 heterocycles. The lowest BCUT2D eigenvalue weighted by Gasteiger charge is -2.07. The summed E-state index contributed by atoms with van der Waals surface area (Å²) < 4.78 is 0. The minimum Gasteiger partial charge on any atom is -0.310 e. The van der Waals surface area contributed by atoms with Gasteiger partial charge in [0.15, 0.2) is 5.82 Å². The number of nitrogens with zero attached hydrogens (tertiary/aromatic N) is 3. The number of rotatable bonds is 4. The lowest BCUT2D eigenvalue weighted by molar-refractivity contribution is 0.872. The second kappa shape index (κ2) is 5.82. The van der Waals surface area contributed by atoms with Crippen molar-refractivity contribution in [2.24, 2.45) is 0 Å². The molecular weight excluding hydrogens is 306 g/mol. The van der Waals surface area contributed by atoms with Crippen molar-refractivity contribution in [2.75, 3.05) is 0 Å². The Hall–Kier alpha value is -1.93. The first-order valence-corrected chi connectivity index (χ1v) is 8.08. The predicted molar refractivity (Wildman–Crippen MR) is 83.6 cm³/mol. The largest absolute Gasteiger partial charge is 0.310 e. The summed E-state index contributed by atoms with van der Waals surface area (Å²) in [5, 5.41) is 9.71. The van der Waals surface area contributed by atoms with E-state index in [0.29, 0.717) is 16.7 Å². The smallest absolute Gasteiger partial charge is 0.251 e. The maximum atomic E-state index is 11.5. The van der Waals surface area contributed by atoms with Gasteiger partial charge in [-0.15, -0.1) is 16.4 Å². The summed E-state index contributed by atoms with van der Waals surface area (Å²) in [6, 6.07) is 5.44. The quantitative estimate of drug-likeness (QED) is 0.722. The Morgan fingerprint density at radius 3 is 2.95 bits per heavy atom. The van der Waals surface area contributed by atoms with E-state index in [1.165, 1.54) is 17.8 Å². The average Bonchev–Trinajstić information content (AvgIpc) is 3.07. The van der Waals surface area contributed by atoms with E-state index < -0.39 is 0 Å². The summed E-state index contributed by atoms with van der Waals surface area (Å²) in [4.78, 5) is 24.1. The van der Waals surface area contributed by atoms with Gasteiger partial charge in [-0.05, 0) is 25.3 Å². The van der Waals surface area contributed by atoms with Gasteiger partial charge in [0.05, 0.1) is 10.1 Å². The molecule has 0 bridgehead atoms. The molecule has 0 aromatic carbocycles. The lowest BCUT2D eigenvalue weighted by atomic mass is 10.4. The highest BCUT2D eigenvalue weighted by Crippen LogP contribution is 2.31. The first kappa shape index (κ1) is 14.0. The minimum absolute atomic E-state index is 0.0374. The van der Waals surface area contributed by atoms with Crippen LogP contribution in [0.4, 0.5) is 0 Å². The third-order valence-corrected chi connectivity index (χ3v) is 4.62. The molecule has 0 radical (unpaired) electrons. The molecule has 0 saturated carbocycles. The van der Waals surface area contributed by atoms with E-state index in [0.717, 1.165) is 10.7 Å². The molecule has 6 nitrogen and oxygen atoms in total. The molecule has 0 aliphatic heterocycles. The standard InChI is InChI=1S/C13H13N5OS2/c1-7-6-10(19)15-11(14-7)8(2)21-13-16-12(17-18-13)9-4-3-5-20-9/h3-6,8H,1-2H3,(H,14,15,19)(H,16,17,18)/t8-/m1/s1. The molecule has 2 N–H and O–H groups in total. The van der Waals surface area contributed by atoms with Crippen molar-refractivity contribution < 1.29 is 0 Å². The maximum absolute atomic E-state index is 11.5. The first-order valence-electron chi connectivity index (χ1n) is 6.32. The van der Waals surface area contributed by atoms with Gasteiger partial charge < -0.3 is 4.98 Å². The van der Waals surface area contributed by atoms with Crippen LogP contribution in [0, 0.1) is 6.92 Å². The van der Waals surface area contributed by atoms with E-state index >= 15 is 0 Å². The van der Waals surface area contributed by atoms with Crippen LogP contribution < -0.4 is 5.56 Å². The van der Waals surface area contributed by atoms with Gasteiger partial charge in [0.25, 0.3) is 5.56 Å². The van der Waals surface area contributed by atoms with Crippen LogP contribution in [0.3, 0.4) is 0 Å². The summed E-state index contributed by atoms with van der Waals surface area (Å²) in [6.45, 7) is 3.77. The highest BCUT2D eigenvalue weighted by atomic mass is 32.2. The Morgan fingerprint density at radius 1 is 1.38 bits per heavy atom. The minimum atomic E-state index is -0.140. The monoisotopic (exact) mass is 319 g/mol.